The van der Waals surface area contributed by atoms with Crippen LogP contribution in [0.3, 0.4) is 0 Å². The SMILES string of the molecule is CC(C)(C)OC(=O)CC[C@H](NC(=O)N[C@@H](CCCCNC(=O)[C@H](Cc1ccccc1)NC(=O)COc1ccc(C[C@H](CC(=O)CN)C(=O)OC(C)(C)C)cc1)C(C)(C)C)C(=O)OC(C)(C)C. The van der Waals surface area contributed by atoms with E-state index in [9.17, 15) is 33.6 Å². The minimum Gasteiger partial charge on any atom is -0.484 e. The summed E-state index contributed by atoms with van der Waals surface area (Å²) in [4.78, 5) is 90.6. The fraction of sp³-hybridized carbons (Fsp3) is 0.620. The maximum Gasteiger partial charge on any atom is 0.329 e. The number of hydrogen-bond donors (Lipinski definition) is 5. The molecule has 66 heavy (non-hydrogen) atoms. The number of carbonyl (C=O) groups excluding carboxylic acids is 7. The number of esters is 3. The molecule has 0 aliphatic carbocycles. The van der Waals surface area contributed by atoms with Crippen molar-refractivity contribution in [2.45, 2.75) is 169 Å². The molecule has 4 atom stereocenters. The Bertz CT molecular complexity index is 1890. The number of hydrogen-bond acceptors (Lipinski definition) is 12. The van der Waals surface area contributed by atoms with Gasteiger partial charge >= 0.3 is 23.9 Å². The highest BCUT2D eigenvalue weighted by Gasteiger charge is 2.32. The Morgan fingerprint density at radius 3 is 1.76 bits per heavy atom. The molecule has 16 heteroatoms. The van der Waals surface area contributed by atoms with Crippen molar-refractivity contribution in [1.82, 2.24) is 21.3 Å². The van der Waals surface area contributed by atoms with Crippen LogP contribution in [0.2, 0.25) is 0 Å². The van der Waals surface area contributed by atoms with E-state index in [0.29, 0.717) is 31.6 Å². The predicted octanol–water partition coefficient (Wildman–Crippen LogP) is 6.04. The van der Waals surface area contributed by atoms with Crippen LogP contribution in [0.25, 0.3) is 0 Å². The molecule has 0 saturated carbocycles. The number of ketones is 1. The van der Waals surface area contributed by atoms with Crippen molar-refractivity contribution in [3.63, 3.8) is 0 Å². The van der Waals surface area contributed by atoms with E-state index in [1.165, 1.54) is 0 Å². The highest BCUT2D eigenvalue weighted by Crippen LogP contribution is 2.24. The van der Waals surface area contributed by atoms with Gasteiger partial charge in [0, 0.05) is 31.8 Å². The molecule has 0 heterocycles. The topological polar surface area (TPSA) is 231 Å². The van der Waals surface area contributed by atoms with Crippen LogP contribution in [0, 0.1) is 11.3 Å². The maximum absolute atomic E-state index is 13.5. The molecule has 2 rings (SSSR count). The summed E-state index contributed by atoms with van der Waals surface area (Å²) >= 11 is 0. The van der Waals surface area contributed by atoms with Crippen LogP contribution in [-0.2, 0) is 55.8 Å². The van der Waals surface area contributed by atoms with E-state index < -0.39 is 64.7 Å². The normalized spacial score (nSPS) is 13.8. The van der Waals surface area contributed by atoms with Gasteiger partial charge in [0.05, 0.1) is 12.5 Å². The summed E-state index contributed by atoms with van der Waals surface area (Å²) in [5.41, 5.74) is 4.53. The maximum atomic E-state index is 13.5. The number of ether oxygens (including phenoxy) is 4. The average Bonchev–Trinajstić information content (AvgIpc) is 3.18. The number of nitrogens with two attached hydrogens (primary N) is 1. The molecule has 4 amide bonds. The van der Waals surface area contributed by atoms with Crippen LogP contribution in [0.5, 0.6) is 5.75 Å². The van der Waals surface area contributed by atoms with Crippen LogP contribution in [0.15, 0.2) is 54.6 Å². The van der Waals surface area contributed by atoms with Gasteiger partial charge in [-0.25, -0.2) is 9.59 Å². The Morgan fingerprint density at radius 1 is 0.621 bits per heavy atom. The van der Waals surface area contributed by atoms with Gasteiger partial charge in [-0.15, -0.1) is 0 Å². The van der Waals surface area contributed by atoms with Gasteiger partial charge in [0.25, 0.3) is 5.91 Å². The molecule has 0 unspecified atom stereocenters. The number of carbonyl (C=O) groups is 7. The Morgan fingerprint density at radius 2 is 1.20 bits per heavy atom. The molecule has 2 aromatic carbocycles. The van der Waals surface area contributed by atoms with Crippen molar-refractivity contribution in [3.8, 4) is 5.75 Å². The summed E-state index contributed by atoms with van der Waals surface area (Å²) in [6.07, 6.45) is 2.11. The third-order valence-electron chi connectivity index (χ3n) is 9.77. The van der Waals surface area contributed by atoms with Crippen molar-refractivity contribution < 1.29 is 52.5 Å². The van der Waals surface area contributed by atoms with E-state index in [2.05, 4.69) is 21.3 Å². The lowest BCUT2D eigenvalue weighted by atomic mass is 9.84. The van der Waals surface area contributed by atoms with Gasteiger partial charge in [-0.05, 0) is 123 Å². The van der Waals surface area contributed by atoms with Gasteiger partial charge in [0.15, 0.2) is 6.61 Å². The first-order chi connectivity index (χ1) is 30.5. The van der Waals surface area contributed by atoms with Crippen molar-refractivity contribution in [1.29, 1.82) is 0 Å². The van der Waals surface area contributed by atoms with Gasteiger partial charge in [0.1, 0.15) is 40.4 Å². The molecular formula is C50H77N5O11. The Hall–Kier alpha value is -5.51. The third-order valence-corrected chi connectivity index (χ3v) is 9.77. The average molecular weight is 924 g/mol. The third kappa shape index (κ3) is 24.1. The zero-order valence-corrected chi connectivity index (χ0v) is 41.4. The quantitative estimate of drug-likeness (QED) is 0.0461. The van der Waals surface area contributed by atoms with E-state index in [1.54, 1.807) is 86.6 Å². The van der Waals surface area contributed by atoms with E-state index in [1.807, 2.05) is 51.1 Å². The molecule has 368 valence electrons. The number of unbranched alkanes of at least 4 members (excludes halogenated alkanes) is 1. The number of benzene rings is 2. The van der Waals surface area contributed by atoms with Crippen LogP contribution < -0.4 is 31.7 Å². The summed E-state index contributed by atoms with van der Waals surface area (Å²) in [5.74, 6) is -3.07. The second-order valence-electron chi connectivity index (χ2n) is 20.7. The van der Waals surface area contributed by atoms with E-state index in [4.69, 9.17) is 24.7 Å². The molecule has 6 N–H and O–H groups in total. The molecule has 0 saturated heterocycles. The number of amides is 4. The first kappa shape index (κ1) is 56.6. The lowest BCUT2D eigenvalue weighted by molar-refractivity contribution is -0.161. The van der Waals surface area contributed by atoms with E-state index in [-0.39, 0.29) is 68.4 Å². The Kier molecular flexibility index (Phi) is 22.3. The standard InChI is InChI=1S/C50H77N5O11/c1-47(2,3)40(55-46(62)54-38(45(61)66-50(10,11)12)25-26-42(58)64-48(4,5)6)20-16-17-27-52-43(59)39(29-33-18-14-13-15-19-33)53-41(57)32-63-37-23-21-34(22-24-37)28-35(30-36(56)31-51)44(60)65-49(7,8)9/h13-15,18-19,21-24,35,38-40H,16-17,20,25-32,51H2,1-12H3,(H,52,59)(H,53,57)(H2,54,55,62)/t35-,38+,39+,40+/m1/s1. The summed E-state index contributed by atoms with van der Waals surface area (Å²) in [7, 11) is 0. The van der Waals surface area contributed by atoms with E-state index in [0.717, 1.165) is 11.1 Å². The fourth-order valence-electron chi connectivity index (χ4n) is 6.60. The molecule has 0 aliphatic heterocycles. The molecule has 0 aromatic heterocycles. The minimum absolute atomic E-state index is 0.00797. The van der Waals surface area contributed by atoms with Crippen molar-refractivity contribution >= 4 is 41.5 Å². The van der Waals surface area contributed by atoms with Crippen molar-refractivity contribution in [3.05, 3.63) is 65.7 Å². The van der Waals surface area contributed by atoms with Crippen LogP contribution >= 0.6 is 0 Å². The highest BCUT2D eigenvalue weighted by atomic mass is 16.6. The Labute approximate surface area is 391 Å². The first-order valence-electron chi connectivity index (χ1n) is 22.8. The zero-order chi connectivity index (χ0) is 49.9. The highest BCUT2D eigenvalue weighted by molar-refractivity contribution is 5.88. The molecule has 0 radical (unpaired) electrons. The van der Waals surface area contributed by atoms with Gasteiger partial charge in [0.2, 0.25) is 5.91 Å². The zero-order valence-electron chi connectivity index (χ0n) is 41.4. The Balaban J connectivity index is 2.01. The summed E-state index contributed by atoms with van der Waals surface area (Å²) in [5, 5.41) is 11.5. The second-order valence-corrected chi connectivity index (χ2v) is 20.7. The van der Waals surface area contributed by atoms with Crippen LogP contribution in [-0.4, -0.2) is 96.2 Å². The van der Waals surface area contributed by atoms with Crippen LogP contribution in [0.1, 0.15) is 133 Å². The second kappa shape index (κ2) is 26.0. The first-order valence-corrected chi connectivity index (χ1v) is 22.8. The van der Waals surface area contributed by atoms with E-state index >= 15 is 0 Å². The largest absolute Gasteiger partial charge is 0.484 e. The van der Waals surface area contributed by atoms with Crippen molar-refractivity contribution in [2.24, 2.45) is 17.1 Å². The van der Waals surface area contributed by atoms with Crippen molar-refractivity contribution in [2.75, 3.05) is 19.7 Å². The van der Waals surface area contributed by atoms with Gasteiger partial charge < -0.3 is 45.9 Å². The summed E-state index contributed by atoms with van der Waals surface area (Å²) < 4.78 is 22.2. The van der Waals surface area contributed by atoms with Gasteiger partial charge in [-0.3, -0.25) is 24.0 Å². The smallest absolute Gasteiger partial charge is 0.329 e. The summed E-state index contributed by atoms with van der Waals surface area (Å²) in [6.45, 7) is 21.4. The molecule has 2 aromatic rings. The van der Waals surface area contributed by atoms with Gasteiger partial charge in [-0.2, -0.15) is 0 Å². The molecule has 0 spiro atoms. The monoisotopic (exact) mass is 924 g/mol. The molecule has 16 nitrogen and oxygen atoms in total. The molecule has 0 fully saturated rings. The number of urea groups is 1. The lowest BCUT2D eigenvalue weighted by Gasteiger charge is -2.32. The molecule has 0 bridgehead atoms. The number of nitrogens with one attached hydrogen (secondary N) is 4. The van der Waals surface area contributed by atoms with Gasteiger partial charge in [-0.1, -0.05) is 63.2 Å². The number of rotatable bonds is 24. The predicted molar refractivity (Wildman–Crippen MR) is 252 cm³/mol. The lowest BCUT2D eigenvalue weighted by Crippen LogP contribution is -2.53. The van der Waals surface area contributed by atoms with Crippen LogP contribution in [0.4, 0.5) is 4.79 Å². The molecule has 0 aliphatic rings. The minimum atomic E-state index is -1.09. The summed E-state index contributed by atoms with van der Waals surface area (Å²) in [6, 6.07) is 13.3. The number of Topliss-reactive ketones (excluding diaryl/α,β-unsaturated/α-hetero) is 1. The fourth-order valence-corrected chi connectivity index (χ4v) is 6.60. The molecular weight excluding hydrogens is 847 g/mol.